The Morgan fingerprint density at radius 3 is 2.72 bits per heavy atom. The quantitative estimate of drug-likeness (QED) is 0.312. The van der Waals surface area contributed by atoms with Crippen LogP contribution in [0.1, 0.15) is 35.9 Å². The van der Waals surface area contributed by atoms with Gasteiger partial charge in [-0.1, -0.05) is 37.3 Å². The number of urea groups is 1. The molecule has 3 N–H and O–H groups in total. The van der Waals surface area contributed by atoms with Gasteiger partial charge in [0.15, 0.2) is 11.5 Å². The number of nitrogens with zero attached hydrogens (tertiary/aromatic N) is 6. The summed E-state index contributed by atoms with van der Waals surface area (Å²) >= 11 is 0. The fraction of sp³-hybridized carbons (Fsp3) is 0.370. The molecule has 0 radical (unpaired) electrons. The lowest BCUT2D eigenvalue weighted by Crippen LogP contribution is -2.69. The summed E-state index contributed by atoms with van der Waals surface area (Å²) < 4.78 is 7.66. The molecule has 5 heterocycles. The molecule has 0 saturated carbocycles. The minimum absolute atomic E-state index is 0.0630. The van der Waals surface area contributed by atoms with Crippen LogP contribution in [0.2, 0.25) is 0 Å². The highest BCUT2D eigenvalue weighted by Crippen LogP contribution is 2.31. The van der Waals surface area contributed by atoms with Crippen LogP contribution in [0.3, 0.4) is 0 Å². The molecule has 6 rings (SSSR count). The molecule has 1 spiro atoms. The molecular weight excluding hydrogens is 500 g/mol. The maximum atomic E-state index is 12.7. The second-order valence-corrected chi connectivity index (χ2v) is 10.4. The summed E-state index contributed by atoms with van der Waals surface area (Å²) in [5, 5.41) is 18.5. The van der Waals surface area contributed by atoms with E-state index in [1.54, 1.807) is 21.7 Å². The fourth-order valence-corrected chi connectivity index (χ4v) is 5.25. The molecule has 2 fully saturated rings. The van der Waals surface area contributed by atoms with Gasteiger partial charge in [-0.3, -0.25) is 4.98 Å². The highest BCUT2D eigenvalue weighted by molar-refractivity contribution is 5.79. The number of nitrogens with one attached hydrogen (secondary N) is 2. The molecule has 2 aliphatic rings. The SMILES string of the molecule is Cc1cc(OC[C@H](C)c2ccccc2)cn2nc(C(O)CN3CC4(CN(c5ccnc(=O)[nH]5)C4)NC3=O)nc12. The zero-order valence-electron chi connectivity index (χ0n) is 21.7. The first kappa shape index (κ1) is 24.9. The van der Waals surface area contributed by atoms with Crippen molar-refractivity contribution in [3.63, 3.8) is 0 Å². The van der Waals surface area contributed by atoms with E-state index in [9.17, 15) is 14.7 Å². The van der Waals surface area contributed by atoms with Gasteiger partial charge in [0.2, 0.25) is 0 Å². The number of benzene rings is 1. The van der Waals surface area contributed by atoms with Gasteiger partial charge in [0.25, 0.3) is 0 Å². The Balaban J connectivity index is 1.09. The third kappa shape index (κ3) is 4.90. The Hall–Kier alpha value is -4.45. The molecule has 0 bridgehead atoms. The van der Waals surface area contributed by atoms with Gasteiger partial charge in [-0.2, -0.15) is 0 Å². The Morgan fingerprint density at radius 2 is 1.95 bits per heavy atom. The van der Waals surface area contributed by atoms with E-state index < -0.39 is 17.3 Å². The number of amides is 2. The average molecular weight is 531 g/mol. The number of pyridine rings is 1. The van der Waals surface area contributed by atoms with Crippen LogP contribution in [0, 0.1) is 6.92 Å². The zero-order chi connectivity index (χ0) is 27.1. The number of aliphatic hydroxyl groups is 1. The van der Waals surface area contributed by atoms with Crippen molar-refractivity contribution in [3.05, 3.63) is 82.3 Å². The van der Waals surface area contributed by atoms with E-state index in [1.165, 1.54) is 11.8 Å². The van der Waals surface area contributed by atoms with Crippen molar-refractivity contribution in [1.29, 1.82) is 0 Å². The van der Waals surface area contributed by atoms with E-state index >= 15 is 0 Å². The fourth-order valence-electron chi connectivity index (χ4n) is 5.25. The summed E-state index contributed by atoms with van der Waals surface area (Å²) in [5.41, 5.74) is 1.84. The lowest BCUT2D eigenvalue weighted by molar-refractivity contribution is 0.120. The van der Waals surface area contributed by atoms with Gasteiger partial charge in [-0.15, -0.1) is 5.10 Å². The van der Waals surface area contributed by atoms with E-state index in [1.807, 2.05) is 36.1 Å². The van der Waals surface area contributed by atoms with Gasteiger partial charge in [-0.05, 0) is 30.2 Å². The first-order chi connectivity index (χ1) is 18.8. The van der Waals surface area contributed by atoms with Gasteiger partial charge < -0.3 is 25.0 Å². The highest BCUT2D eigenvalue weighted by atomic mass is 16.5. The number of carbonyl (C=O) groups excluding carboxylic acids is 1. The Bertz CT molecular complexity index is 1560. The molecule has 12 nitrogen and oxygen atoms in total. The summed E-state index contributed by atoms with van der Waals surface area (Å²) in [5.74, 6) is 1.79. The van der Waals surface area contributed by atoms with Crippen molar-refractivity contribution in [1.82, 2.24) is 34.8 Å². The van der Waals surface area contributed by atoms with Crippen LogP contribution in [0.4, 0.5) is 10.6 Å². The monoisotopic (exact) mass is 530 g/mol. The number of aromatic amines is 1. The molecule has 2 amide bonds. The third-order valence-electron chi connectivity index (χ3n) is 7.31. The molecule has 1 aromatic carbocycles. The van der Waals surface area contributed by atoms with Crippen LogP contribution in [0.15, 0.2) is 59.7 Å². The molecule has 2 atom stereocenters. The summed E-state index contributed by atoms with van der Waals surface area (Å²) in [6.45, 7) is 6.13. The number of aryl methyl sites for hydroxylation is 1. The summed E-state index contributed by atoms with van der Waals surface area (Å²) in [4.78, 5) is 38.6. The number of carbonyl (C=O) groups is 1. The second-order valence-electron chi connectivity index (χ2n) is 10.4. The number of aliphatic hydroxyl groups excluding tert-OH is 1. The van der Waals surface area contributed by atoms with Gasteiger partial charge in [-0.25, -0.2) is 24.1 Å². The minimum Gasteiger partial charge on any atom is -0.491 e. The minimum atomic E-state index is -1.06. The van der Waals surface area contributed by atoms with Crippen molar-refractivity contribution < 1.29 is 14.6 Å². The van der Waals surface area contributed by atoms with Gasteiger partial charge >= 0.3 is 11.7 Å². The van der Waals surface area contributed by atoms with E-state index in [0.717, 1.165) is 5.56 Å². The number of rotatable bonds is 8. The summed E-state index contributed by atoms with van der Waals surface area (Å²) in [6, 6.07) is 13.6. The predicted octanol–water partition coefficient (Wildman–Crippen LogP) is 1.62. The van der Waals surface area contributed by atoms with Crippen LogP contribution in [-0.4, -0.2) is 78.9 Å². The number of H-pyrrole nitrogens is 1. The Labute approximate surface area is 224 Å². The first-order valence-electron chi connectivity index (χ1n) is 12.9. The Kier molecular flexibility index (Phi) is 6.18. The maximum Gasteiger partial charge on any atom is 0.346 e. The summed E-state index contributed by atoms with van der Waals surface area (Å²) in [6.07, 6.45) is 2.16. The molecule has 202 valence electrons. The standard InChI is InChI=1S/C27H30N8O4/c1-17-10-20(39-13-18(2)19-6-4-3-5-7-19)11-35-24(17)30-23(32-35)21(36)12-33-14-27(31-26(33)38)15-34(16-27)22-8-9-28-25(37)29-22/h3-11,18,21,36H,12-16H2,1-2H3,(H,31,38)(H,28,29,37)/t18-,21?/m0/s1. The molecule has 2 aliphatic heterocycles. The van der Waals surface area contributed by atoms with Crippen LogP contribution in [0.5, 0.6) is 5.75 Å². The van der Waals surface area contributed by atoms with Crippen LogP contribution in [-0.2, 0) is 0 Å². The smallest absolute Gasteiger partial charge is 0.346 e. The van der Waals surface area contributed by atoms with Crippen molar-refractivity contribution >= 4 is 17.5 Å². The molecule has 1 unspecified atom stereocenters. The van der Waals surface area contributed by atoms with Crippen molar-refractivity contribution in [2.24, 2.45) is 0 Å². The topological polar surface area (TPSA) is 141 Å². The molecule has 39 heavy (non-hydrogen) atoms. The predicted molar refractivity (Wildman–Crippen MR) is 143 cm³/mol. The zero-order valence-corrected chi connectivity index (χ0v) is 21.7. The lowest BCUT2D eigenvalue weighted by Gasteiger charge is -2.48. The van der Waals surface area contributed by atoms with Gasteiger partial charge in [0, 0.05) is 31.7 Å². The molecule has 4 aromatic rings. The lowest BCUT2D eigenvalue weighted by atomic mass is 9.90. The largest absolute Gasteiger partial charge is 0.491 e. The molecule has 2 saturated heterocycles. The maximum absolute atomic E-state index is 12.7. The summed E-state index contributed by atoms with van der Waals surface area (Å²) in [7, 11) is 0. The normalized spacial score (nSPS) is 17.8. The van der Waals surface area contributed by atoms with Crippen LogP contribution in [0.25, 0.3) is 5.65 Å². The van der Waals surface area contributed by atoms with Crippen LogP contribution >= 0.6 is 0 Å². The molecule has 12 heteroatoms. The van der Waals surface area contributed by atoms with Gasteiger partial charge in [0.05, 0.1) is 24.9 Å². The Morgan fingerprint density at radius 1 is 1.15 bits per heavy atom. The van der Waals surface area contributed by atoms with Gasteiger partial charge in [0.1, 0.15) is 17.7 Å². The molecule has 3 aromatic heterocycles. The average Bonchev–Trinajstić information content (AvgIpc) is 3.49. The van der Waals surface area contributed by atoms with E-state index in [-0.39, 0.29) is 24.3 Å². The van der Waals surface area contributed by atoms with Crippen molar-refractivity contribution in [2.45, 2.75) is 31.4 Å². The number of ether oxygens (including phenoxy) is 1. The van der Waals surface area contributed by atoms with E-state index in [2.05, 4.69) is 44.4 Å². The van der Waals surface area contributed by atoms with E-state index in [4.69, 9.17) is 4.74 Å². The third-order valence-corrected chi connectivity index (χ3v) is 7.31. The number of aromatic nitrogens is 5. The van der Waals surface area contributed by atoms with Crippen molar-refractivity contribution in [3.8, 4) is 5.75 Å². The molecule has 0 aliphatic carbocycles. The number of hydrogen-bond acceptors (Lipinski definition) is 8. The number of anilines is 1. The second kappa shape index (κ2) is 9.70. The number of fused-ring (bicyclic) bond motifs is 1. The van der Waals surface area contributed by atoms with Crippen molar-refractivity contribution in [2.75, 3.05) is 37.7 Å². The number of hydrogen-bond donors (Lipinski definition) is 3. The van der Waals surface area contributed by atoms with E-state index in [0.29, 0.717) is 43.5 Å². The highest BCUT2D eigenvalue weighted by Gasteiger charge is 2.51. The van der Waals surface area contributed by atoms with Crippen LogP contribution < -0.4 is 20.6 Å². The first-order valence-corrected chi connectivity index (χ1v) is 12.9. The molecular formula is C27H30N8O4. The number of β-amino-alcohol motifs (C(OH)–C–C–N with tert-alkyl or cyclic N) is 1.